The molecule has 0 aromatic carbocycles. The van der Waals surface area contributed by atoms with Gasteiger partial charge in [-0.15, -0.1) is 22.7 Å². The van der Waals surface area contributed by atoms with E-state index >= 15 is 0 Å². The van der Waals surface area contributed by atoms with Gasteiger partial charge >= 0.3 is 0 Å². The topological polar surface area (TPSA) is 17.1 Å². The average molecular weight is 313 g/mol. The first-order chi connectivity index (χ1) is 7.66. The summed E-state index contributed by atoms with van der Waals surface area (Å²) in [5, 5.41) is 3.94. The summed E-state index contributed by atoms with van der Waals surface area (Å²) in [6.45, 7) is 2.04. The van der Waals surface area contributed by atoms with Gasteiger partial charge in [0.05, 0.1) is 4.88 Å². The highest BCUT2D eigenvalue weighted by molar-refractivity contribution is 9.10. The van der Waals surface area contributed by atoms with Crippen LogP contribution in [0.25, 0.3) is 6.08 Å². The molecule has 0 spiro atoms. The Morgan fingerprint density at radius 2 is 2.25 bits per heavy atom. The van der Waals surface area contributed by atoms with Crippen LogP contribution in [-0.4, -0.2) is 5.78 Å². The van der Waals surface area contributed by atoms with Crippen molar-refractivity contribution in [1.29, 1.82) is 0 Å². The highest BCUT2D eigenvalue weighted by Crippen LogP contribution is 2.22. The van der Waals surface area contributed by atoms with E-state index in [0.717, 1.165) is 14.2 Å². The van der Waals surface area contributed by atoms with Gasteiger partial charge in [-0.3, -0.25) is 4.79 Å². The van der Waals surface area contributed by atoms with E-state index in [1.807, 2.05) is 29.8 Å². The number of hydrogen-bond donors (Lipinski definition) is 0. The Morgan fingerprint density at radius 1 is 1.44 bits per heavy atom. The van der Waals surface area contributed by atoms with Crippen molar-refractivity contribution < 1.29 is 4.79 Å². The Hall–Kier alpha value is -0.710. The SMILES string of the molecule is Cc1ccsc1/C=C/C(=O)c1cc(Br)cs1. The molecule has 0 atom stereocenters. The van der Waals surface area contributed by atoms with E-state index in [1.165, 1.54) is 16.9 Å². The van der Waals surface area contributed by atoms with E-state index in [0.29, 0.717) is 0 Å². The van der Waals surface area contributed by atoms with E-state index < -0.39 is 0 Å². The van der Waals surface area contributed by atoms with Crippen molar-refractivity contribution in [2.45, 2.75) is 6.92 Å². The number of rotatable bonds is 3. The van der Waals surface area contributed by atoms with Gasteiger partial charge in [0.25, 0.3) is 0 Å². The fourth-order valence-electron chi connectivity index (χ4n) is 1.23. The minimum atomic E-state index is 0.0588. The Balaban J connectivity index is 2.14. The number of carbonyl (C=O) groups is 1. The number of halogens is 1. The Kier molecular flexibility index (Phi) is 3.74. The van der Waals surface area contributed by atoms with Crippen LogP contribution >= 0.6 is 38.6 Å². The van der Waals surface area contributed by atoms with Gasteiger partial charge in [-0.2, -0.15) is 0 Å². The first kappa shape index (κ1) is 11.8. The fraction of sp³-hybridized carbons (Fsp3) is 0.0833. The van der Waals surface area contributed by atoms with Gasteiger partial charge in [0, 0.05) is 14.7 Å². The molecule has 0 aliphatic heterocycles. The molecule has 1 nitrogen and oxygen atoms in total. The molecule has 0 amide bonds. The third-order valence-corrected chi connectivity index (χ3v) is 4.79. The molecule has 0 saturated heterocycles. The average Bonchev–Trinajstić information content (AvgIpc) is 2.84. The standard InChI is InChI=1S/C12H9BrOS2/c1-8-4-5-15-11(8)3-2-10(14)12-6-9(13)7-16-12/h2-7H,1H3/b3-2+. The van der Waals surface area contributed by atoms with Crippen molar-refractivity contribution in [3.05, 3.63) is 48.8 Å². The summed E-state index contributed by atoms with van der Waals surface area (Å²) in [5.74, 6) is 0.0588. The molecule has 0 fully saturated rings. The number of allylic oxidation sites excluding steroid dienone is 1. The number of carbonyl (C=O) groups excluding carboxylic acids is 1. The van der Waals surface area contributed by atoms with Crippen LogP contribution in [0.1, 0.15) is 20.1 Å². The Morgan fingerprint density at radius 3 is 2.81 bits per heavy atom. The van der Waals surface area contributed by atoms with Crippen LogP contribution < -0.4 is 0 Å². The molecule has 4 heteroatoms. The highest BCUT2D eigenvalue weighted by atomic mass is 79.9. The lowest BCUT2D eigenvalue weighted by Crippen LogP contribution is -1.88. The molecule has 0 aliphatic carbocycles. The second-order valence-corrected chi connectivity index (χ2v) is 6.07. The van der Waals surface area contributed by atoms with E-state index in [1.54, 1.807) is 17.4 Å². The lowest BCUT2D eigenvalue weighted by Gasteiger charge is -1.89. The zero-order valence-corrected chi connectivity index (χ0v) is 11.8. The van der Waals surface area contributed by atoms with Crippen LogP contribution in [0.4, 0.5) is 0 Å². The molecule has 2 rings (SSSR count). The third kappa shape index (κ3) is 2.70. The summed E-state index contributed by atoms with van der Waals surface area (Å²) >= 11 is 6.44. The molecule has 16 heavy (non-hydrogen) atoms. The predicted molar refractivity (Wildman–Crippen MR) is 74.4 cm³/mol. The van der Waals surface area contributed by atoms with E-state index in [2.05, 4.69) is 22.0 Å². The van der Waals surface area contributed by atoms with Crippen LogP contribution in [0.5, 0.6) is 0 Å². The van der Waals surface area contributed by atoms with Crippen LogP contribution in [-0.2, 0) is 0 Å². The molecule has 2 aromatic heterocycles. The maximum atomic E-state index is 11.8. The molecule has 0 unspecified atom stereocenters. The quantitative estimate of drug-likeness (QED) is 0.589. The maximum Gasteiger partial charge on any atom is 0.195 e. The van der Waals surface area contributed by atoms with Crippen molar-refractivity contribution in [2.75, 3.05) is 0 Å². The Bertz CT molecular complexity index is 537. The van der Waals surface area contributed by atoms with Gasteiger partial charge in [0.15, 0.2) is 5.78 Å². The zero-order chi connectivity index (χ0) is 11.5. The largest absolute Gasteiger partial charge is 0.288 e. The van der Waals surface area contributed by atoms with E-state index in [-0.39, 0.29) is 5.78 Å². The molecule has 0 radical (unpaired) electrons. The number of aryl methyl sites for hydroxylation is 1. The number of hydrogen-bond acceptors (Lipinski definition) is 3. The minimum absolute atomic E-state index is 0.0588. The predicted octanol–water partition coefficient (Wildman–Crippen LogP) is 4.78. The summed E-state index contributed by atoms with van der Waals surface area (Å²) in [4.78, 5) is 13.7. The third-order valence-electron chi connectivity index (χ3n) is 2.10. The summed E-state index contributed by atoms with van der Waals surface area (Å²) < 4.78 is 0.960. The summed E-state index contributed by atoms with van der Waals surface area (Å²) in [6, 6.07) is 3.90. The lowest BCUT2D eigenvalue weighted by atomic mass is 10.2. The molecule has 0 saturated carbocycles. The number of ketones is 1. The first-order valence-electron chi connectivity index (χ1n) is 4.67. The molecule has 2 heterocycles. The molecular weight excluding hydrogens is 304 g/mol. The summed E-state index contributed by atoms with van der Waals surface area (Å²) in [7, 11) is 0. The van der Waals surface area contributed by atoms with Crippen molar-refractivity contribution >= 4 is 50.5 Å². The van der Waals surface area contributed by atoms with Gasteiger partial charge in [0.2, 0.25) is 0 Å². The molecular formula is C12H9BrOS2. The molecule has 0 N–H and O–H groups in total. The zero-order valence-electron chi connectivity index (χ0n) is 8.57. The highest BCUT2D eigenvalue weighted by Gasteiger charge is 2.05. The smallest absolute Gasteiger partial charge is 0.195 e. The van der Waals surface area contributed by atoms with Crippen LogP contribution in [0.15, 0.2) is 33.4 Å². The van der Waals surface area contributed by atoms with E-state index in [4.69, 9.17) is 0 Å². The number of thiophene rings is 2. The van der Waals surface area contributed by atoms with Gasteiger partial charge in [0.1, 0.15) is 0 Å². The van der Waals surface area contributed by atoms with Crippen LogP contribution in [0, 0.1) is 6.92 Å². The fourth-order valence-corrected chi connectivity index (χ4v) is 3.40. The van der Waals surface area contributed by atoms with Gasteiger partial charge in [-0.1, -0.05) is 0 Å². The normalized spacial score (nSPS) is 11.1. The summed E-state index contributed by atoms with van der Waals surface area (Å²) in [6.07, 6.45) is 3.52. The molecule has 82 valence electrons. The molecule has 2 aromatic rings. The second-order valence-electron chi connectivity index (χ2n) is 3.29. The first-order valence-corrected chi connectivity index (χ1v) is 7.22. The maximum absolute atomic E-state index is 11.8. The summed E-state index contributed by atoms with van der Waals surface area (Å²) in [5.41, 5.74) is 1.21. The lowest BCUT2D eigenvalue weighted by molar-refractivity contribution is 0.105. The molecule has 0 aliphatic rings. The van der Waals surface area contributed by atoms with Crippen molar-refractivity contribution in [3.63, 3.8) is 0 Å². The van der Waals surface area contributed by atoms with E-state index in [9.17, 15) is 4.79 Å². The second kappa shape index (κ2) is 5.08. The van der Waals surface area contributed by atoms with Gasteiger partial charge in [-0.05, 0) is 58.1 Å². The van der Waals surface area contributed by atoms with Crippen molar-refractivity contribution in [1.82, 2.24) is 0 Å². The van der Waals surface area contributed by atoms with Gasteiger partial charge in [-0.25, -0.2) is 0 Å². The van der Waals surface area contributed by atoms with Crippen LogP contribution in [0.2, 0.25) is 0 Å². The monoisotopic (exact) mass is 312 g/mol. The van der Waals surface area contributed by atoms with Crippen LogP contribution in [0.3, 0.4) is 0 Å². The van der Waals surface area contributed by atoms with Crippen molar-refractivity contribution in [3.8, 4) is 0 Å². The Labute approximate surface area is 111 Å². The van der Waals surface area contributed by atoms with Crippen molar-refractivity contribution in [2.24, 2.45) is 0 Å². The van der Waals surface area contributed by atoms with Gasteiger partial charge < -0.3 is 0 Å². The minimum Gasteiger partial charge on any atom is -0.288 e. The molecule has 0 bridgehead atoms.